The van der Waals surface area contributed by atoms with Gasteiger partial charge in [-0.3, -0.25) is 4.79 Å². The number of rotatable bonds is 5. The summed E-state index contributed by atoms with van der Waals surface area (Å²) < 4.78 is 0. The quantitative estimate of drug-likeness (QED) is 0.749. The number of amides is 3. The molecule has 26 heavy (non-hydrogen) atoms. The van der Waals surface area contributed by atoms with Crippen molar-refractivity contribution in [3.8, 4) is 0 Å². The predicted molar refractivity (Wildman–Crippen MR) is 107 cm³/mol. The number of carbonyl (C=O) groups excluding carboxylic acids is 2. The van der Waals surface area contributed by atoms with Gasteiger partial charge in [0.2, 0.25) is 0 Å². The summed E-state index contributed by atoms with van der Waals surface area (Å²) in [6, 6.07) is 5.31. The lowest BCUT2D eigenvalue weighted by atomic mass is 10.1. The summed E-state index contributed by atoms with van der Waals surface area (Å²) in [6.07, 6.45) is 4.41. The summed E-state index contributed by atoms with van der Waals surface area (Å²) in [6.45, 7) is 10.4. The zero-order valence-electron chi connectivity index (χ0n) is 16.4. The van der Waals surface area contributed by atoms with Crippen molar-refractivity contribution in [2.24, 2.45) is 0 Å². The molecule has 1 fully saturated rings. The summed E-state index contributed by atoms with van der Waals surface area (Å²) in [7, 11) is 0. The van der Waals surface area contributed by atoms with Gasteiger partial charge >= 0.3 is 6.03 Å². The molecule has 1 aromatic carbocycles. The van der Waals surface area contributed by atoms with E-state index < -0.39 is 0 Å². The van der Waals surface area contributed by atoms with Crippen LogP contribution in [-0.2, 0) is 0 Å². The first-order chi connectivity index (χ1) is 12.3. The Morgan fingerprint density at radius 2 is 1.81 bits per heavy atom. The monoisotopic (exact) mass is 360 g/mol. The maximum Gasteiger partial charge on any atom is 0.319 e. The zero-order chi connectivity index (χ0) is 19.2. The highest BCUT2D eigenvalue weighted by Crippen LogP contribution is 2.27. The Morgan fingerprint density at radius 1 is 1.12 bits per heavy atom. The van der Waals surface area contributed by atoms with Gasteiger partial charge in [0, 0.05) is 36.5 Å². The van der Waals surface area contributed by atoms with E-state index in [0.717, 1.165) is 38.0 Å². The topological polar surface area (TPSA) is 73.5 Å². The lowest BCUT2D eigenvalue weighted by molar-refractivity contribution is 0.0954. The van der Waals surface area contributed by atoms with Crippen molar-refractivity contribution >= 4 is 23.3 Å². The SMILES string of the molecule is CCCNC(=O)c1cc(NC(=O)NC(C)(C)C)ccc1N1CCCCC1. The molecule has 0 aliphatic carbocycles. The zero-order valence-corrected chi connectivity index (χ0v) is 16.4. The van der Waals surface area contributed by atoms with Gasteiger partial charge in [0.1, 0.15) is 0 Å². The molecule has 0 aromatic heterocycles. The van der Waals surface area contributed by atoms with Crippen molar-refractivity contribution in [3.63, 3.8) is 0 Å². The second-order valence-electron chi connectivity index (χ2n) is 7.86. The van der Waals surface area contributed by atoms with Gasteiger partial charge in [-0.2, -0.15) is 0 Å². The van der Waals surface area contributed by atoms with E-state index in [9.17, 15) is 9.59 Å². The molecule has 0 atom stereocenters. The summed E-state index contributed by atoms with van der Waals surface area (Å²) in [4.78, 5) is 27.1. The molecule has 1 aliphatic rings. The molecule has 1 aromatic rings. The second-order valence-corrected chi connectivity index (χ2v) is 7.86. The third kappa shape index (κ3) is 5.93. The molecule has 0 bridgehead atoms. The first-order valence-corrected chi connectivity index (χ1v) is 9.56. The van der Waals surface area contributed by atoms with Crippen molar-refractivity contribution in [1.82, 2.24) is 10.6 Å². The van der Waals surface area contributed by atoms with Crippen LogP contribution < -0.4 is 20.9 Å². The van der Waals surface area contributed by atoms with Crippen LogP contribution in [0.15, 0.2) is 18.2 Å². The minimum absolute atomic E-state index is 0.0905. The first kappa shape index (κ1) is 20.1. The minimum Gasteiger partial charge on any atom is -0.371 e. The maximum atomic E-state index is 12.7. The number of hydrogen-bond donors (Lipinski definition) is 3. The third-order valence-corrected chi connectivity index (χ3v) is 4.22. The fourth-order valence-electron chi connectivity index (χ4n) is 3.04. The van der Waals surface area contributed by atoms with E-state index in [1.165, 1.54) is 6.42 Å². The average Bonchev–Trinajstić information content (AvgIpc) is 2.58. The fraction of sp³-hybridized carbons (Fsp3) is 0.600. The molecular weight excluding hydrogens is 328 g/mol. The number of carbonyl (C=O) groups is 2. The van der Waals surface area contributed by atoms with E-state index in [4.69, 9.17) is 0 Å². The number of urea groups is 1. The van der Waals surface area contributed by atoms with Gasteiger partial charge in [0.25, 0.3) is 5.91 Å². The van der Waals surface area contributed by atoms with Crippen LogP contribution in [0.5, 0.6) is 0 Å². The average molecular weight is 361 g/mol. The molecule has 1 aliphatic heterocycles. The largest absolute Gasteiger partial charge is 0.371 e. The summed E-state index contributed by atoms with van der Waals surface area (Å²) in [5, 5.41) is 8.65. The highest BCUT2D eigenvalue weighted by atomic mass is 16.2. The van der Waals surface area contributed by atoms with E-state index in [1.54, 1.807) is 6.07 Å². The molecule has 3 N–H and O–H groups in total. The summed E-state index contributed by atoms with van der Waals surface area (Å²) >= 11 is 0. The highest BCUT2D eigenvalue weighted by Gasteiger charge is 2.20. The van der Waals surface area contributed by atoms with Gasteiger partial charge in [0.15, 0.2) is 0 Å². The Labute approximate surface area is 156 Å². The van der Waals surface area contributed by atoms with Crippen LogP contribution in [0.3, 0.4) is 0 Å². The summed E-state index contributed by atoms with van der Waals surface area (Å²) in [5.41, 5.74) is 1.86. The molecule has 0 radical (unpaired) electrons. The van der Waals surface area contributed by atoms with Crippen LogP contribution in [0.2, 0.25) is 0 Å². The first-order valence-electron chi connectivity index (χ1n) is 9.56. The smallest absolute Gasteiger partial charge is 0.319 e. The Balaban J connectivity index is 2.23. The van der Waals surface area contributed by atoms with Gasteiger partial charge in [-0.05, 0) is 64.7 Å². The number of piperidine rings is 1. The van der Waals surface area contributed by atoms with E-state index in [0.29, 0.717) is 17.8 Å². The lowest BCUT2D eigenvalue weighted by Gasteiger charge is -2.30. The van der Waals surface area contributed by atoms with Crippen LogP contribution in [0, 0.1) is 0 Å². The molecule has 0 spiro atoms. The van der Waals surface area contributed by atoms with Crippen molar-refractivity contribution in [3.05, 3.63) is 23.8 Å². The molecule has 1 heterocycles. The van der Waals surface area contributed by atoms with Gasteiger partial charge in [-0.1, -0.05) is 6.92 Å². The number of benzene rings is 1. The molecular formula is C20H32N4O2. The van der Waals surface area contributed by atoms with Gasteiger partial charge in [-0.15, -0.1) is 0 Å². The predicted octanol–water partition coefficient (Wildman–Crippen LogP) is 3.74. The highest BCUT2D eigenvalue weighted by molar-refractivity contribution is 6.02. The molecule has 3 amide bonds. The maximum absolute atomic E-state index is 12.7. The van der Waals surface area contributed by atoms with Crippen molar-refractivity contribution in [1.29, 1.82) is 0 Å². The molecule has 6 nitrogen and oxygen atoms in total. The van der Waals surface area contributed by atoms with E-state index >= 15 is 0 Å². The fourth-order valence-corrected chi connectivity index (χ4v) is 3.04. The van der Waals surface area contributed by atoms with Crippen LogP contribution in [0.4, 0.5) is 16.2 Å². The molecule has 2 rings (SSSR count). The van der Waals surface area contributed by atoms with Crippen LogP contribution in [0.25, 0.3) is 0 Å². The van der Waals surface area contributed by atoms with E-state index in [-0.39, 0.29) is 17.5 Å². The Morgan fingerprint density at radius 3 is 2.42 bits per heavy atom. The number of hydrogen-bond acceptors (Lipinski definition) is 3. The van der Waals surface area contributed by atoms with E-state index in [1.807, 2.05) is 39.8 Å². The molecule has 0 saturated carbocycles. The summed E-state index contributed by atoms with van der Waals surface area (Å²) in [5.74, 6) is -0.0905. The van der Waals surface area contributed by atoms with Crippen LogP contribution >= 0.6 is 0 Å². The third-order valence-electron chi connectivity index (χ3n) is 4.22. The molecule has 6 heteroatoms. The van der Waals surface area contributed by atoms with Gasteiger partial charge < -0.3 is 20.9 Å². The van der Waals surface area contributed by atoms with Crippen molar-refractivity contribution in [2.45, 2.75) is 58.9 Å². The Bertz CT molecular complexity index is 631. The molecule has 1 saturated heterocycles. The van der Waals surface area contributed by atoms with Crippen molar-refractivity contribution in [2.75, 3.05) is 29.9 Å². The normalized spacial score (nSPS) is 14.7. The van der Waals surface area contributed by atoms with E-state index in [2.05, 4.69) is 20.9 Å². The molecule has 0 unspecified atom stereocenters. The molecule has 144 valence electrons. The Hall–Kier alpha value is -2.24. The van der Waals surface area contributed by atoms with Crippen molar-refractivity contribution < 1.29 is 9.59 Å². The van der Waals surface area contributed by atoms with Crippen LogP contribution in [-0.4, -0.2) is 37.1 Å². The number of nitrogens with zero attached hydrogens (tertiary/aromatic N) is 1. The second kappa shape index (κ2) is 8.92. The minimum atomic E-state index is -0.320. The van der Waals surface area contributed by atoms with Gasteiger partial charge in [0.05, 0.1) is 5.56 Å². The number of nitrogens with one attached hydrogen (secondary N) is 3. The van der Waals surface area contributed by atoms with Gasteiger partial charge in [-0.25, -0.2) is 4.79 Å². The lowest BCUT2D eigenvalue weighted by Crippen LogP contribution is -2.43. The Kier molecular flexibility index (Phi) is 6.89. The number of anilines is 2. The van der Waals surface area contributed by atoms with Crippen LogP contribution in [0.1, 0.15) is 63.7 Å². The standard InChI is InChI=1S/C20H32N4O2/c1-5-11-21-18(25)16-14-15(22-19(26)23-20(2,3)4)9-10-17(16)24-12-7-6-8-13-24/h9-10,14H,5-8,11-13H2,1-4H3,(H,21,25)(H2,22,23,26).